The maximum Gasteiger partial charge on any atom is -0.00799 e. The summed E-state index contributed by atoms with van der Waals surface area (Å²) in [5.41, 5.74) is 5.03. The highest BCUT2D eigenvalue weighted by Crippen LogP contribution is 1.57. The van der Waals surface area contributed by atoms with E-state index in [4.69, 9.17) is 5.73 Å². The lowest BCUT2D eigenvalue weighted by molar-refractivity contribution is 0.932. The molecule has 0 aromatic rings. The van der Waals surface area contributed by atoms with Crippen LogP contribution in [0.2, 0.25) is 0 Å². The zero-order valence-electron chi connectivity index (χ0n) is 3.40. The van der Waals surface area contributed by atoms with Crippen molar-refractivity contribution in [2.24, 2.45) is 5.73 Å². The van der Waals surface area contributed by atoms with Crippen LogP contribution in [0.3, 0.4) is 0 Å². The molecule has 6 heavy (non-hydrogen) atoms. The molecule has 2 N–H and O–H groups in total. The second-order valence-electron chi connectivity index (χ2n) is 0.789. The Bertz CT molecular complexity index is 12.8. The number of rotatable bonds is 1. The standard InChI is InChI=1S/C3H9N.ClH.H4Si/c1-2-3-4;;/h2-4H2,1H3;1H;1H4. The van der Waals surface area contributed by atoms with E-state index >= 15 is 0 Å². The predicted octanol–water partition coefficient (Wildman–Crippen LogP) is -0.675. The van der Waals surface area contributed by atoms with Crippen molar-refractivity contribution >= 4 is 23.4 Å². The van der Waals surface area contributed by atoms with Crippen molar-refractivity contribution in [1.29, 1.82) is 0 Å². The molecule has 0 aliphatic carbocycles. The van der Waals surface area contributed by atoms with E-state index in [1.807, 2.05) is 0 Å². The fourth-order valence-electron chi connectivity index (χ4n) is 0. The maximum absolute atomic E-state index is 5.03. The maximum atomic E-state index is 5.03. The van der Waals surface area contributed by atoms with E-state index in [0.29, 0.717) is 0 Å². The number of hydrogen-bond acceptors (Lipinski definition) is 1. The van der Waals surface area contributed by atoms with Gasteiger partial charge in [0.15, 0.2) is 0 Å². The molecular formula is C3H14ClNSi. The van der Waals surface area contributed by atoms with Crippen molar-refractivity contribution in [3.63, 3.8) is 0 Å². The Morgan fingerprint density at radius 1 is 1.50 bits per heavy atom. The summed E-state index contributed by atoms with van der Waals surface area (Å²) in [4.78, 5) is 0. The highest BCUT2D eigenvalue weighted by molar-refractivity contribution is 5.85. The van der Waals surface area contributed by atoms with Crippen molar-refractivity contribution in [2.45, 2.75) is 13.3 Å². The third kappa shape index (κ3) is 25.0. The summed E-state index contributed by atoms with van der Waals surface area (Å²) >= 11 is 0. The molecule has 0 amide bonds. The molecule has 0 saturated heterocycles. The van der Waals surface area contributed by atoms with Crippen LogP contribution in [0, 0.1) is 0 Å². The summed E-state index contributed by atoms with van der Waals surface area (Å²) in [7, 11) is 0. The van der Waals surface area contributed by atoms with Crippen LogP contribution in [0.15, 0.2) is 0 Å². The SMILES string of the molecule is CCCN.Cl.[SiH4]. The van der Waals surface area contributed by atoms with Gasteiger partial charge in [-0.2, -0.15) is 0 Å². The van der Waals surface area contributed by atoms with Gasteiger partial charge in [-0.25, -0.2) is 0 Å². The van der Waals surface area contributed by atoms with Crippen LogP contribution >= 0.6 is 12.4 Å². The van der Waals surface area contributed by atoms with Crippen molar-refractivity contribution in [1.82, 2.24) is 0 Å². The molecule has 0 unspecified atom stereocenters. The van der Waals surface area contributed by atoms with Gasteiger partial charge in [0.05, 0.1) is 0 Å². The average molecular weight is 128 g/mol. The van der Waals surface area contributed by atoms with Gasteiger partial charge < -0.3 is 5.73 Å². The van der Waals surface area contributed by atoms with E-state index in [-0.39, 0.29) is 23.4 Å². The van der Waals surface area contributed by atoms with Crippen molar-refractivity contribution in [3.8, 4) is 0 Å². The Morgan fingerprint density at radius 3 is 1.67 bits per heavy atom. The zero-order valence-corrected chi connectivity index (χ0v) is 4.22. The largest absolute Gasteiger partial charge is 0.330 e. The van der Waals surface area contributed by atoms with Crippen molar-refractivity contribution in [3.05, 3.63) is 0 Å². The minimum absolute atomic E-state index is 0. The van der Waals surface area contributed by atoms with Gasteiger partial charge in [-0.05, 0) is 23.9 Å². The lowest BCUT2D eigenvalue weighted by Crippen LogP contribution is -1.93. The molecule has 0 saturated carbocycles. The van der Waals surface area contributed by atoms with Crippen LogP contribution in [-0.4, -0.2) is 17.5 Å². The molecule has 0 atom stereocenters. The molecule has 0 aromatic carbocycles. The van der Waals surface area contributed by atoms with Crippen LogP contribution in [-0.2, 0) is 0 Å². The first-order chi connectivity index (χ1) is 1.91. The van der Waals surface area contributed by atoms with Gasteiger partial charge in [0, 0.05) is 0 Å². The minimum atomic E-state index is 0. The fraction of sp³-hybridized carbons (Fsp3) is 1.00. The molecule has 0 aliphatic heterocycles. The molecule has 0 spiro atoms. The average Bonchev–Trinajstić information content (AvgIpc) is 1.37. The third-order valence-electron chi connectivity index (χ3n) is 0.289. The highest BCUT2D eigenvalue weighted by Gasteiger charge is 1.55. The van der Waals surface area contributed by atoms with E-state index < -0.39 is 0 Å². The quantitative estimate of drug-likeness (QED) is 0.465. The summed E-state index contributed by atoms with van der Waals surface area (Å²) in [5.74, 6) is 0. The molecule has 0 fully saturated rings. The van der Waals surface area contributed by atoms with Crippen LogP contribution < -0.4 is 5.73 Å². The zero-order chi connectivity index (χ0) is 3.41. The fourth-order valence-corrected chi connectivity index (χ4v) is 0. The van der Waals surface area contributed by atoms with E-state index in [0.717, 1.165) is 13.0 Å². The summed E-state index contributed by atoms with van der Waals surface area (Å²) in [6.07, 6.45) is 1.10. The monoisotopic (exact) mass is 127 g/mol. The number of nitrogens with two attached hydrogens (primary N) is 1. The normalized spacial score (nSPS) is 5.00. The van der Waals surface area contributed by atoms with E-state index in [2.05, 4.69) is 6.92 Å². The third-order valence-corrected chi connectivity index (χ3v) is 0.289. The minimum Gasteiger partial charge on any atom is -0.330 e. The molecule has 0 heterocycles. The second-order valence-corrected chi connectivity index (χ2v) is 0.789. The Labute approximate surface area is 49.7 Å². The molecule has 0 aliphatic rings. The Hall–Kier alpha value is 0.467. The van der Waals surface area contributed by atoms with Gasteiger partial charge in [0.25, 0.3) is 0 Å². The van der Waals surface area contributed by atoms with Crippen molar-refractivity contribution < 1.29 is 0 Å². The molecular weight excluding hydrogens is 114 g/mol. The van der Waals surface area contributed by atoms with Gasteiger partial charge >= 0.3 is 0 Å². The Kier molecular flexibility index (Phi) is 48.0. The molecule has 3 heteroatoms. The van der Waals surface area contributed by atoms with Gasteiger partial charge in [0.2, 0.25) is 0 Å². The molecule has 1 nitrogen and oxygen atoms in total. The van der Waals surface area contributed by atoms with Crippen LogP contribution in [0.4, 0.5) is 0 Å². The Morgan fingerprint density at radius 2 is 1.67 bits per heavy atom. The van der Waals surface area contributed by atoms with Gasteiger partial charge in [-0.15, -0.1) is 12.4 Å². The van der Waals surface area contributed by atoms with Crippen LogP contribution in [0.25, 0.3) is 0 Å². The first-order valence-corrected chi connectivity index (χ1v) is 1.62. The van der Waals surface area contributed by atoms with Crippen molar-refractivity contribution in [2.75, 3.05) is 6.54 Å². The number of hydrogen-bond donors (Lipinski definition) is 1. The molecule has 0 aromatic heterocycles. The predicted molar refractivity (Wildman–Crippen MR) is 37.9 cm³/mol. The van der Waals surface area contributed by atoms with E-state index in [1.54, 1.807) is 0 Å². The van der Waals surface area contributed by atoms with Crippen LogP contribution in [0.5, 0.6) is 0 Å². The first kappa shape index (κ1) is 16.1. The summed E-state index contributed by atoms with van der Waals surface area (Å²) in [5, 5.41) is 0. The van der Waals surface area contributed by atoms with E-state index in [9.17, 15) is 0 Å². The summed E-state index contributed by atoms with van der Waals surface area (Å²) in [6, 6.07) is 0. The Balaban J connectivity index is -0.0000000450. The van der Waals surface area contributed by atoms with Gasteiger partial charge in [0.1, 0.15) is 0 Å². The lowest BCUT2D eigenvalue weighted by atomic mass is 10.5. The van der Waals surface area contributed by atoms with Gasteiger partial charge in [-0.1, -0.05) is 6.92 Å². The first-order valence-electron chi connectivity index (χ1n) is 1.62. The molecule has 42 valence electrons. The number of halogens is 1. The highest BCUT2D eigenvalue weighted by atomic mass is 35.5. The second kappa shape index (κ2) is 17.9. The van der Waals surface area contributed by atoms with E-state index in [1.165, 1.54) is 0 Å². The lowest BCUT2D eigenvalue weighted by Gasteiger charge is -1.70. The molecule has 0 bridgehead atoms. The summed E-state index contributed by atoms with van der Waals surface area (Å²) < 4.78 is 0. The summed E-state index contributed by atoms with van der Waals surface area (Å²) in [6.45, 7) is 2.88. The topological polar surface area (TPSA) is 26.0 Å². The van der Waals surface area contributed by atoms with Gasteiger partial charge in [-0.3, -0.25) is 0 Å². The van der Waals surface area contributed by atoms with Crippen LogP contribution in [0.1, 0.15) is 13.3 Å². The molecule has 0 rings (SSSR count). The molecule has 0 radical (unpaired) electrons. The smallest absolute Gasteiger partial charge is 0.00799 e.